The summed E-state index contributed by atoms with van der Waals surface area (Å²) in [6.45, 7) is 0. The molecule has 0 atom stereocenters. The molecule has 0 saturated heterocycles. The normalized spacial score (nSPS) is 13.3. The number of aromatic nitrogens is 3. The summed E-state index contributed by atoms with van der Waals surface area (Å²) >= 11 is 0. The van der Waals surface area contributed by atoms with Gasteiger partial charge >= 0.3 is 0 Å². The minimum Gasteiger partial charge on any atom is -0.208 e. The van der Waals surface area contributed by atoms with Gasteiger partial charge in [0.1, 0.15) is 0 Å². The molecule has 0 fully saturated rings. The molecular weight excluding hydrogens is 711 g/mol. The van der Waals surface area contributed by atoms with E-state index in [4.69, 9.17) is 15.0 Å². The van der Waals surface area contributed by atoms with Gasteiger partial charge in [0.15, 0.2) is 17.5 Å². The van der Waals surface area contributed by atoms with Crippen LogP contribution in [0.3, 0.4) is 0 Å². The van der Waals surface area contributed by atoms with Gasteiger partial charge in [-0.2, -0.15) is 0 Å². The van der Waals surface area contributed by atoms with Gasteiger partial charge in [0.05, 0.1) is 0 Å². The minimum atomic E-state index is -2.03. The Balaban J connectivity index is 1.20. The van der Waals surface area contributed by atoms with Crippen LogP contribution in [0.1, 0.15) is 0 Å². The van der Waals surface area contributed by atoms with Gasteiger partial charge in [-0.3, -0.25) is 0 Å². The second-order valence-corrected chi connectivity index (χ2v) is 17.3. The molecule has 4 heteroatoms. The summed E-state index contributed by atoms with van der Waals surface area (Å²) < 4.78 is 0. The lowest BCUT2D eigenvalue weighted by Gasteiger charge is -2.41. The van der Waals surface area contributed by atoms with E-state index in [9.17, 15) is 0 Å². The summed E-state index contributed by atoms with van der Waals surface area (Å²) in [4.78, 5) is 20.7. The lowest BCUT2D eigenvalue weighted by atomic mass is 9.96. The molecule has 0 aliphatic carbocycles. The van der Waals surface area contributed by atoms with Crippen molar-refractivity contribution in [2.45, 2.75) is 19.6 Å². The predicted molar refractivity (Wildman–Crippen MR) is 236 cm³/mol. The van der Waals surface area contributed by atoms with Crippen LogP contribution in [0.2, 0.25) is 0 Å². The Kier molecular flexibility index (Phi) is 7.90. The highest BCUT2D eigenvalue weighted by atomic mass is 32.3. The van der Waals surface area contributed by atoms with Gasteiger partial charge in [-0.25, -0.2) is 15.0 Å². The highest BCUT2D eigenvalue weighted by Gasteiger charge is 2.43. The van der Waals surface area contributed by atoms with E-state index >= 15 is 0 Å². The van der Waals surface area contributed by atoms with Gasteiger partial charge in [0, 0.05) is 36.3 Å². The van der Waals surface area contributed by atoms with Crippen molar-refractivity contribution in [1.82, 2.24) is 15.0 Å². The Hall–Kier alpha value is -7.14. The Morgan fingerprint density at radius 3 is 1.32 bits per heavy atom. The van der Waals surface area contributed by atoms with Gasteiger partial charge in [-0.05, 0) is 68.1 Å². The first-order valence-corrected chi connectivity index (χ1v) is 20.9. The Morgan fingerprint density at radius 1 is 0.263 bits per heavy atom. The maximum Gasteiger partial charge on any atom is 0.164 e. The molecule has 0 saturated carbocycles. The fraction of sp³-hybridized carbons (Fsp3) is 0. The zero-order chi connectivity index (χ0) is 37.8. The standard InChI is InChI=1S/C53H35N3S/c1-3-19-38(20-4-1)51-54-52(39-21-5-2-6-22-39)56-53(55-51)46-29-12-11-25-41(46)40-33-34-45-44-28-13-14-30-49(44)57(50(45)35-40,47-31-15-23-36-17-7-9-26-42(36)47)48-32-16-24-37-18-8-10-27-43(37)48/h1-35H. The van der Waals surface area contributed by atoms with Crippen LogP contribution in [0.5, 0.6) is 0 Å². The smallest absolute Gasteiger partial charge is 0.164 e. The summed E-state index contributed by atoms with van der Waals surface area (Å²) in [6, 6.07) is 76.6. The average Bonchev–Trinajstić information content (AvgIpc) is 3.59. The van der Waals surface area contributed by atoms with E-state index in [1.165, 1.54) is 52.3 Å². The molecule has 2 heterocycles. The highest BCUT2D eigenvalue weighted by Crippen LogP contribution is 2.81. The van der Waals surface area contributed by atoms with Crippen LogP contribution in [0, 0.1) is 0 Å². The molecule has 0 bridgehead atoms. The van der Waals surface area contributed by atoms with E-state index < -0.39 is 10.0 Å². The first-order valence-electron chi connectivity index (χ1n) is 19.3. The van der Waals surface area contributed by atoms with Crippen LogP contribution in [0.15, 0.2) is 232 Å². The zero-order valence-corrected chi connectivity index (χ0v) is 31.8. The second kappa shape index (κ2) is 13.6. The van der Waals surface area contributed by atoms with Crippen molar-refractivity contribution in [1.29, 1.82) is 0 Å². The predicted octanol–water partition coefficient (Wildman–Crippen LogP) is 14.2. The third kappa shape index (κ3) is 5.33. The molecule has 1 aliphatic rings. The summed E-state index contributed by atoms with van der Waals surface area (Å²) in [5, 5.41) is 5.05. The molecule has 0 amide bonds. The van der Waals surface area contributed by atoms with Crippen molar-refractivity contribution in [3.05, 3.63) is 212 Å². The van der Waals surface area contributed by atoms with Crippen molar-refractivity contribution in [3.63, 3.8) is 0 Å². The van der Waals surface area contributed by atoms with Gasteiger partial charge in [0.2, 0.25) is 0 Å². The molecule has 0 unspecified atom stereocenters. The molecule has 268 valence electrons. The SMILES string of the molecule is c1ccc(-c2nc(-c3ccccc3)nc(-c3ccccc3-c3ccc4c(c3)S(c3cccc5ccccc35)(c3cccc5ccccc35)c3ccccc3-4)n2)cc1. The molecule has 9 aromatic carbocycles. The van der Waals surface area contributed by atoms with Crippen molar-refractivity contribution in [2.75, 3.05) is 0 Å². The number of hydrogen-bond donors (Lipinski definition) is 0. The Morgan fingerprint density at radius 2 is 0.702 bits per heavy atom. The Bertz CT molecular complexity index is 2990. The molecule has 10 aromatic rings. The molecule has 3 nitrogen and oxygen atoms in total. The molecular formula is C53H35N3S. The average molecular weight is 746 g/mol. The molecule has 1 aromatic heterocycles. The van der Waals surface area contributed by atoms with Crippen LogP contribution in [-0.4, -0.2) is 15.0 Å². The van der Waals surface area contributed by atoms with E-state index in [0.29, 0.717) is 17.5 Å². The van der Waals surface area contributed by atoms with Crippen molar-refractivity contribution >= 4 is 31.6 Å². The van der Waals surface area contributed by atoms with Crippen LogP contribution in [-0.2, 0) is 0 Å². The third-order valence-corrected chi connectivity index (χ3v) is 15.2. The quantitative estimate of drug-likeness (QED) is 0.170. The van der Waals surface area contributed by atoms with Crippen LogP contribution in [0.4, 0.5) is 0 Å². The molecule has 1 aliphatic heterocycles. The maximum atomic E-state index is 5.17. The van der Waals surface area contributed by atoms with Gasteiger partial charge in [-0.1, -0.05) is 188 Å². The van der Waals surface area contributed by atoms with Gasteiger partial charge in [0.25, 0.3) is 0 Å². The van der Waals surface area contributed by atoms with Crippen LogP contribution >= 0.6 is 10.0 Å². The number of benzene rings is 9. The lowest BCUT2D eigenvalue weighted by Crippen LogP contribution is -2.04. The molecule has 0 N–H and O–H groups in total. The molecule has 11 rings (SSSR count). The monoisotopic (exact) mass is 745 g/mol. The summed E-state index contributed by atoms with van der Waals surface area (Å²) in [5.41, 5.74) is 7.62. The second-order valence-electron chi connectivity index (χ2n) is 14.4. The van der Waals surface area contributed by atoms with E-state index in [-0.39, 0.29) is 0 Å². The van der Waals surface area contributed by atoms with E-state index in [1.54, 1.807) is 0 Å². The fourth-order valence-corrected chi connectivity index (χ4v) is 13.2. The number of rotatable bonds is 6. The number of fused-ring (bicyclic) bond motifs is 5. The van der Waals surface area contributed by atoms with E-state index in [1.807, 2.05) is 36.4 Å². The van der Waals surface area contributed by atoms with Crippen molar-refractivity contribution in [2.24, 2.45) is 0 Å². The topological polar surface area (TPSA) is 38.7 Å². The Labute approximate surface area is 333 Å². The number of hydrogen-bond acceptors (Lipinski definition) is 3. The van der Waals surface area contributed by atoms with Gasteiger partial charge < -0.3 is 0 Å². The van der Waals surface area contributed by atoms with Crippen molar-refractivity contribution in [3.8, 4) is 56.4 Å². The molecule has 0 spiro atoms. The highest BCUT2D eigenvalue weighted by molar-refractivity contribution is 8.34. The summed E-state index contributed by atoms with van der Waals surface area (Å²) in [7, 11) is -2.03. The number of nitrogens with zero attached hydrogens (tertiary/aromatic N) is 3. The zero-order valence-electron chi connectivity index (χ0n) is 31.0. The van der Waals surface area contributed by atoms with Crippen LogP contribution < -0.4 is 0 Å². The first-order chi connectivity index (χ1) is 28.3. The van der Waals surface area contributed by atoms with Gasteiger partial charge in [-0.15, -0.1) is 10.0 Å². The maximum absolute atomic E-state index is 5.17. The van der Waals surface area contributed by atoms with E-state index in [2.05, 4.69) is 176 Å². The fourth-order valence-electron chi connectivity index (χ4n) is 8.62. The lowest BCUT2D eigenvalue weighted by molar-refractivity contribution is 1.07. The third-order valence-electron chi connectivity index (χ3n) is 11.2. The van der Waals surface area contributed by atoms with Crippen molar-refractivity contribution < 1.29 is 0 Å². The van der Waals surface area contributed by atoms with E-state index in [0.717, 1.165) is 27.8 Å². The van der Waals surface area contributed by atoms with Crippen LogP contribution in [0.25, 0.3) is 78.0 Å². The molecule has 57 heavy (non-hydrogen) atoms. The molecule has 0 radical (unpaired) electrons. The minimum absolute atomic E-state index is 0.642. The summed E-state index contributed by atoms with van der Waals surface area (Å²) in [5.74, 6) is 1.94. The first kappa shape index (κ1) is 33.2. The largest absolute Gasteiger partial charge is 0.208 e. The summed E-state index contributed by atoms with van der Waals surface area (Å²) in [6.07, 6.45) is 0.